The monoisotopic (exact) mass is 807 g/mol. The molecule has 49 heavy (non-hydrogen) atoms. The van der Waals surface area contributed by atoms with Crippen molar-refractivity contribution in [3.63, 3.8) is 0 Å². The summed E-state index contributed by atoms with van der Waals surface area (Å²) in [7, 11) is 14.5. The summed E-state index contributed by atoms with van der Waals surface area (Å²) >= 11 is -3.37. The fraction of sp³-hybridized carbons (Fsp3) is 0.535. The van der Waals surface area contributed by atoms with E-state index < -0.39 is 11.9 Å². The van der Waals surface area contributed by atoms with Gasteiger partial charge in [-0.15, -0.1) is 0 Å². The van der Waals surface area contributed by atoms with Crippen LogP contribution in [0.25, 0.3) is 0 Å². The predicted molar refractivity (Wildman–Crippen MR) is 219 cm³/mol. The van der Waals surface area contributed by atoms with Crippen LogP contribution in [0.5, 0.6) is 0 Å². The van der Waals surface area contributed by atoms with E-state index in [0.29, 0.717) is 0 Å². The molecule has 4 fully saturated rings. The molecule has 0 bridgehead atoms. The number of anilines is 2. The Hall–Kier alpha value is -1.37. The van der Waals surface area contributed by atoms with Gasteiger partial charge in [-0.3, -0.25) is 0 Å². The molecule has 6 heteroatoms. The minimum absolute atomic E-state index is 0.0465. The average molecular weight is 808 g/mol. The molecular formula is C43H60Cl2N2PRu+. The van der Waals surface area contributed by atoms with Crippen LogP contribution in [0.1, 0.15) is 119 Å². The van der Waals surface area contributed by atoms with E-state index in [1.165, 1.54) is 28.1 Å². The molecule has 3 aromatic rings. The van der Waals surface area contributed by atoms with Crippen molar-refractivity contribution in [1.29, 1.82) is 0 Å². The summed E-state index contributed by atoms with van der Waals surface area (Å²) in [5.41, 5.74) is 9.51. The van der Waals surface area contributed by atoms with Gasteiger partial charge in [0.15, 0.2) is 0 Å². The Labute approximate surface area is 309 Å². The molecule has 0 aromatic heterocycles. The van der Waals surface area contributed by atoms with E-state index in [4.69, 9.17) is 19.4 Å². The molecule has 0 amide bonds. The minimum atomic E-state index is -3.37. The SMILES string of the molecule is C1CCC([PH+](C2CCCCC2)C2CCCCC2)CC1.Cc1ccc(N2CCCN(c3ccc(C)cc3)[C]2=[Ru]([Cl])([Cl])=[CH]c2ccccc2)cc1. The molecule has 1 heterocycles. The van der Waals surface area contributed by atoms with Gasteiger partial charge in [-0.05, 0) is 77.0 Å². The van der Waals surface area contributed by atoms with Gasteiger partial charge < -0.3 is 0 Å². The van der Waals surface area contributed by atoms with Crippen LogP contribution in [0.3, 0.4) is 0 Å². The third kappa shape index (κ3) is 10.2. The van der Waals surface area contributed by atoms with Crippen LogP contribution in [-0.4, -0.2) is 39.0 Å². The van der Waals surface area contributed by atoms with Crippen molar-refractivity contribution in [2.24, 2.45) is 0 Å². The van der Waals surface area contributed by atoms with E-state index in [1.54, 1.807) is 96.3 Å². The molecular weight excluding hydrogens is 747 g/mol. The van der Waals surface area contributed by atoms with Crippen molar-refractivity contribution >= 4 is 47.6 Å². The fourth-order valence-electron chi connectivity index (χ4n) is 8.90. The van der Waals surface area contributed by atoms with E-state index in [1.807, 2.05) is 18.2 Å². The summed E-state index contributed by atoms with van der Waals surface area (Å²) < 4.78 is 3.14. The molecule has 0 spiro atoms. The topological polar surface area (TPSA) is 6.48 Å². The molecule has 2 nitrogen and oxygen atoms in total. The van der Waals surface area contributed by atoms with E-state index in [0.717, 1.165) is 40.8 Å². The normalized spacial score (nSPS) is 20.6. The second-order valence-electron chi connectivity index (χ2n) is 15.0. The molecule has 0 N–H and O–H groups in total. The zero-order chi connectivity index (χ0) is 34.1. The van der Waals surface area contributed by atoms with Gasteiger partial charge in [0.05, 0.1) is 17.0 Å². The number of nitrogens with zero attached hydrogens (tertiary/aromatic N) is 2. The summed E-state index contributed by atoms with van der Waals surface area (Å²) in [6.45, 7) is 6.03. The van der Waals surface area contributed by atoms with Gasteiger partial charge in [-0.2, -0.15) is 0 Å². The van der Waals surface area contributed by atoms with Crippen LogP contribution in [0, 0.1) is 13.8 Å². The van der Waals surface area contributed by atoms with E-state index in [-0.39, 0.29) is 7.92 Å². The number of aryl methyl sites for hydroxylation is 2. The van der Waals surface area contributed by atoms with Crippen molar-refractivity contribution in [1.82, 2.24) is 0 Å². The summed E-state index contributed by atoms with van der Waals surface area (Å²) in [6.07, 6.45) is 24.8. The quantitative estimate of drug-likeness (QED) is 0.181. The Balaban J connectivity index is 0.000000188. The third-order valence-electron chi connectivity index (χ3n) is 11.4. The van der Waals surface area contributed by atoms with Crippen molar-refractivity contribution < 1.29 is 11.9 Å². The number of rotatable bonds is 6. The second kappa shape index (κ2) is 18.4. The zero-order valence-electron chi connectivity index (χ0n) is 30.0. The van der Waals surface area contributed by atoms with Crippen molar-refractivity contribution in [3.8, 4) is 0 Å². The first kappa shape index (κ1) is 37.4. The predicted octanol–water partition coefficient (Wildman–Crippen LogP) is 12.6. The Morgan fingerprint density at radius 2 is 0.918 bits per heavy atom. The Morgan fingerprint density at radius 3 is 1.31 bits per heavy atom. The molecule has 4 aliphatic rings. The van der Waals surface area contributed by atoms with Crippen molar-refractivity contribution in [2.75, 3.05) is 22.9 Å². The number of halogens is 2. The molecule has 268 valence electrons. The second-order valence-corrected chi connectivity index (χ2v) is 27.7. The van der Waals surface area contributed by atoms with Gasteiger partial charge in [-0.1, -0.05) is 19.3 Å². The first-order chi connectivity index (χ1) is 23.9. The van der Waals surface area contributed by atoms with Gasteiger partial charge in [0.2, 0.25) is 0 Å². The van der Waals surface area contributed by atoms with Crippen LogP contribution in [0.2, 0.25) is 0 Å². The van der Waals surface area contributed by atoms with Gasteiger partial charge in [0.1, 0.15) is 0 Å². The zero-order valence-corrected chi connectivity index (χ0v) is 34.3. The molecule has 0 unspecified atom stereocenters. The summed E-state index contributed by atoms with van der Waals surface area (Å²) in [5, 5.41) is 0. The average Bonchev–Trinajstić information content (AvgIpc) is 3.14. The van der Waals surface area contributed by atoms with Crippen LogP contribution in [0.4, 0.5) is 11.4 Å². The van der Waals surface area contributed by atoms with Crippen LogP contribution in [-0.2, 0) is 11.9 Å². The van der Waals surface area contributed by atoms with Crippen molar-refractivity contribution in [2.45, 2.75) is 134 Å². The van der Waals surface area contributed by atoms with Crippen LogP contribution in [0.15, 0.2) is 78.9 Å². The Kier molecular flexibility index (Phi) is 14.0. The molecule has 0 radical (unpaired) electrons. The maximum absolute atomic E-state index is 7.26. The molecule has 0 atom stereocenters. The van der Waals surface area contributed by atoms with E-state index >= 15 is 0 Å². The Morgan fingerprint density at radius 1 is 0.531 bits per heavy atom. The van der Waals surface area contributed by atoms with Gasteiger partial charge in [0, 0.05) is 7.92 Å². The molecule has 3 aliphatic carbocycles. The number of hydrogen-bond donors (Lipinski definition) is 0. The fourth-order valence-corrected chi connectivity index (χ4v) is 20.3. The maximum atomic E-state index is 7.26. The van der Waals surface area contributed by atoms with E-state index in [9.17, 15) is 0 Å². The van der Waals surface area contributed by atoms with Gasteiger partial charge >= 0.3 is 190 Å². The molecule has 1 aliphatic heterocycles. The third-order valence-corrected chi connectivity index (χ3v) is 21.4. The van der Waals surface area contributed by atoms with Crippen molar-refractivity contribution in [3.05, 3.63) is 95.6 Å². The Bertz CT molecular complexity index is 1460. The first-order valence-electron chi connectivity index (χ1n) is 19.3. The standard InChI is InChI=1S/C18H20N2.C18H33P.C7H6.2ClH.Ru/c1-15-4-8-17(9-5-15)19-12-3-13-20(14-19)18-10-6-16(2)7-11-18;1-4-10-16(11-5-1)19(17-12-6-2-7-13-17)18-14-8-3-9-15-18;1-7-5-3-2-4-6-7;;;/h4-11H,3,12-13H2,1-2H3;16-18H,1-15H2;1-6H;2*1H;/q;;;;;+2/p-1. The number of hydrogen-bond acceptors (Lipinski definition) is 2. The first-order valence-corrected chi connectivity index (χ1v) is 27.4. The summed E-state index contributed by atoms with van der Waals surface area (Å²) in [5.74, 6) is 0. The molecule has 7 rings (SSSR count). The summed E-state index contributed by atoms with van der Waals surface area (Å²) in [6, 6.07) is 27.4. The molecule has 1 saturated heterocycles. The van der Waals surface area contributed by atoms with Crippen LogP contribution >= 0.6 is 27.3 Å². The summed E-state index contributed by atoms with van der Waals surface area (Å²) in [4.78, 5) is 4.66. The van der Waals surface area contributed by atoms with E-state index in [2.05, 4.69) is 88.9 Å². The van der Waals surface area contributed by atoms with Gasteiger partial charge in [-0.25, -0.2) is 0 Å². The number of benzene rings is 3. The molecule has 3 saturated carbocycles. The van der Waals surface area contributed by atoms with Gasteiger partial charge in [0.25, 0.3) is 0 Å². The van der Waals surface area contributed by atoms with Crippen LogP contribution < -0.4 is 9.80 Å². The molecule has 3 aromatic carbocycles.